The van der Waals surface area contributed by atoms with E-state index in [1.54, 1.807) is 12.3 Å². The second kappa shape index (κ2) is 13.4. The second-order valence-electron chi connectivity index (χ2n) is 5.30. The van der Waals surface area contributed by atoms with Gasteiger partial charge in [-0.3, -0.25) is 0 Å². The molecule has 0 saturated carbocycles. The fourth-order valence-electron chi connectivity index (χ4n) is 2.41. The molecule has 0 amide bonds. The Hall–Kier alpha value is -1.99. The molecule has 0 spiro atoms. The Labute approximate surface area is 154 Å². The van der Waals surface area contributed by atoms with Crippen LogP contribution in [0.25, 0.3) is 0 Å². The molecule has 0 radical (unpaired) electrons. The van der Waals surface area contributed by atoms with Gasteiger partial charge in [-0.05, 0) is 30.7 Å². The van der Waals surface area contributed by atoms with E-state index in [1.165, 1.54) is 11.1 Å². The van der Waals surface area contributed by atoms with Crippen LogP contribution in [0.5, 0.6) is 0 Å². The van der Waals surface area contributed by atoms with E-state index >= 15 is 0 Å². The van der Waals surface area contributed by atoms with Crippen molar-refractivity contribution in [3.8, 4) is 0 Å². The van der Waals surface area contributed by atoms with Gasteiger partial charge in [0.15, 0.2) is 0 Å². The minimum Gasteiger partial charge on any atom is -0.183 e. The van der Waals surface area contributed by atoms with E-state index in [2.05, 4.69) is 87.3 Å². The average molecular weight is 339 g/mol. The predicted octanol–water partition coefficient (Wildman–Crippen LogP) is 6.87. The molecule has 1 atom stereocenters. The van der Waals surface area contributed by atoms with Gasteiger partial charge in [-0.2, -0.15) is 12.6 Å². The van der Waals surface area contributed by atoms with E-state index in [1.807, 2.05) is 31.2 Å². The lowest BCUT2D eigenvalue weighted by Crippen LogP contribution is -2.23. The van der Waals surface area contributed by atoms with Crippen molar-refractivity contribution in [2.24, 2.45) is 0 Å². The Balaban J connectivity index is 0.00000254. The highest BCUT2D eigenvalue weighted by atomic mass is 32.1. The summed E-state index contributed by atoms with van der Waals surface area (Å²) in [5.41, 5.74) is 2.42. The van der Waals surface area contributed by atoms with Gasteiger partial charge in [-0.25, -0.2) is 0 Å². The van der Waals surface area contributed by atoms with Gasteiger partial charge in [0, 0.05) is 5.41 Å². The number of rotatable bonds is 8. The van der Waals surface area contributed by atoms with Crippen molar-refractivity contribution >= 4 is 12.6 Å². The van der Waals surface area contributed by atoms with Gasteiger partial charge < -0.3 is 0 Å². The van der Waals surface area contributed by atoms with Crippen molar-refractivity contribution in [3.05, 3.63) is 109 Å². The lowest BCUT2D eigenvalue weighted by atomic mass is 9.73. The topological polar surface area (TPSA) is 0 Å². The van der Waals surface area contributed by atoms with Crippen molar-refractivity contribution in [1.82, 2.24) is 0 Å². The van der Waals surface area contributed by atoms with Gasteiger partial charge in [-0.15, -0.1) is 0 Å². The molecule has 0 aliphatic rings. The Bertz CT molecular complexity index is 588. The summed E-state index contributed by atoms with van der Waals surface area (Å²) in [5, 5.41) is 0. The standard InChI is InChI=1S/C22H26.CH4S/c1-5-8-10-11-15-19-22(4,20(7-3)16-9-6-2)21-17-13-12-14-18-21;1-2/h5-18H,1,3,19H2,2,4H3;2H,1H3/b9-6-,10-8-,15-11-,20-16+;. The van der Waals surface area contributed by atoms with Gasteiger partial charge in [0.1, 0.15) is 0 Å². The number of allylic oxidation sites excluding steroid dienone is 10. The molecule has 0 aromatic heterocycles. The quantitative estimate of drug-likeness (QED) is 0.388. The third-order valence-electron chi connectivity index (χ3n) is 3.76. The second-order valence-corrected chi connectivity index (χ2v) is 5.30. The van der Waals surface area contributed by atoms with Crippen LogP contribution in [0.3, 0.4) is 0 Å². The molecule has 0 aliphatic heterocycles. The highest BCUT2D eigenvalue weighted by Crippen LogP contribution is 2.36. The number of thiol groups is 1. The number of benzene rings is 1. The van der Waals surface area contributed by atoms with Crippen LogP contribution in [0.4, 0.5) is 0 Å². The fourth-order valence-corrected chi connectivity index (χ4v) is 2.41. The molecular formula is C23H30S. The third-order valence-corrected chi connectivity index (χ3v) is 3.76. The lowest BCUT2D eigenvalue weighted by molar-refractivity contribution is 0.579. The summed E-state index contributed by atoms with van der Waals surface area (Å²) < 4.78 is 0. The lowest BCUT2D eigenvalue weighted by Gasteiger charge is -2.31. The molecule has 1 aromatic rings. The summed E-state index contributed by atoms with van der Waals surface area (Å²) in [6, 6.07) is 10.6. The van der Waals surface area contributed by atoms with Crippen molar-refractivity contribution in [3.63, 3.8) is 0 Å². The molecule has 1 unspecified atom stereocenters. The van der Waals surface area contributed by atoms with Crippen molar-refractivity contribution in [2.75, 3.05) is 6.26 Å². The van der Waals surface area contributed by atoms with Crippen LogP contribution in [0.15, 0.2) is 104 Å². The van der Waals surface area contributed by atoms with E-state index < -0.39 is 0 Å². The zero-order valence-electron chi connectivity index (χ0n) is 15.2. The molecule has 0 bridgehead atoms. The monoisotopic (exact) mass is 338 g/mol. The molecule has 24 heavy (non-hydrogen) atoms. The molecule has 0 saturated heterocycles. The van der Waals surface area contributed by atoms with E-state index in [4.69, 9.17) is 0 Å². The van der Waals surface area contributed by atoms with Crippen LogP contribution in [-0.2, 0) is 5.41 Å². The molecule has 1 heteroatoms. The van der Waals surface area contributed by atoms with Crippen LogP contribution < -0.4 is 0 Å². The first-order chi connectivity index (χ1) is 11.7. The van der Waals surface area contributed by atoms with Crippen molar-refractivity contribution < 1.29 is 0 Å². The maximum atomic E-state index is 4.01. The molecule has 1 aromatic carbocycles. The zero-order chi connectivity index (χ0) is 18.3. The van der Waals surface area contributed by atoms with Gasteiger partial charge in [0.25, 0.3) is 0 Å². The van der Waals surface area contributed by atoms with Crippen LogP contribution in [0, 0.1) is 0 Å². The minimum absolute atomic E-state index is 0.0962. The number of hydrogen-bond acceptors (Lipinski definition) is 1. The first-order valence-corrected chi connectivity index (χ1v) is 8.99. The molecule has 0 aliphatic carbocycles. The van der Waals surface area contributed by atoms with Gasteiger partial charge in [0.05, 0.1) is 0 Å². The fraction of sp³-hybridized carbons (Fsp3) is 0.217. The first kappa shape index (κ1) is 22.0. The Kier molecular flexibility index (Phi) is 12.3. The average Bonchev–Trinajstić information content (AvgIpc) is 2.64. The molecule has 1 rings (SSSR count). The number of hydrogen-bond donors (Lipinski definition) is 1. The smallest absolute Gasteiger partial charge is 0.0209 e. The molecule has 0 heterocycles. The van der Waals surface area contributed by atoms with Gasteiger partial charge in [-0.1, -0.05) is 105 Å². The maximum absolute atomic E-state index is 4.01. The highest BCUT2D eigenvalue weighted by molar-refractivity contribution is 7.79. The Morgan fingerprint density at radius 1 is 1.04 bits per heavy atom. The molecule has 0 nitrogen and oxygen atoms in total. The van der Waals surface area contributed by atoms with E-state index in [0.717, 1.165) is 6.42 Å². The summed E-state index contributed by atoms with van der Waals surface area (Å²) in [7, 11) is 0. The van der Waals surface area contributed by atoms with E-state index in [-0.39, 0.29) is 5.41 Å². The molecule has 0 fully saturated rings. The van der Waals surface area contributed by atoms with Crippen molar-refractivity contribution in [2.45, 2.75) is 25.7 Å². The third kappa shape index (κ3) is 7.06. The van der Waals surface area contributed by atoms with Crippen LogP contribution in [0.2, 0.25) is 0 Å². The van der Waals surface area contributed by atoms with Crippen LogP contribution >= 0.6 is 12.6 Å². The summed E-state index contributed by atoms with van der Waals surface area (Å²) in [6.07, 6.45) is 20.8. The summed E-state index contributed by atoms with van der Waals surface area (Å²) in [6.45, 7) is 12.0. The van der Waals surface area contributed by atoms with Gasteiger partial charge >= 0.3 is 0 Å². The largest absolute Gasteiger partial charge is 0.183 e. The van der Waals surface area contributed by atoms with Crippen LogP contribution in [-0.4, -0.2) is 6.26 Å². The van der Waals surface area contributed by atoms with E-state index in [9.17, 15) is 0 Å². The molecular weight excluding hydrogens is 308 g/mol. The van der Waals surface area contributed by atoms with Crippen molar-refractivity contribution in [1.29, 1.82) is 0 Å². The highest BCUT2D eigenvalue weighted by Gasteiger charge is 2.27. The normalized spacial score (nSPS) is 14.4. The SMILES string of the molecule is C=C/C=C\C=C/CC(C)(/C(C=C)=C/C=C\C)c1ccccc1.CS. The molecule has 0 N–H and O–H groups in total. The summed E-state index contributed by atoms with van der Waals surface area (Å²) >= 11 is 3.53. The summed E-state index contributed by atoms with van der Waals surface area (Å²) in [5.74, 6) is 0. The van der Waals surface area contributed by atoms with E-state index in [0.29, 0.717) is 0 Å². The van der Waals surface area contributed by atoms with Crippen LogP contribution in [0.1, 0.15) is 25.8 Å². The minimum atomic E-state index is -0.0962. The Morgan fingerprint density at radius 2 is 1.71 bits per heavy atom. The zero-order valence-corrected chi connectivity index (χ0v) is 16.0. The van der Waals surface area contributed by atoms with Gasteiger partial charge in [0.2, 0.25) is 0 Å². The maximum Gasteiger partial charge on any atom is 0.0209 e. The Morgan fingerprint density at radius 3 is 2.25 bits per heavy atom. The molecule has 128 valence electrons. The summed E-state index contributed by atoms with van der Waals surface area (Å²) in [4.78, 5) is 0. The first-order valence-electron chi connectivity index (χ1n) is 8.09. The predicted molar refractivity (Wildman–Crippen MR) is 115 cm³/mol.